The Kier molecular flexibility index (Phi) is 6.40. The highest BCUT2D eigenvalue weighted by Crippen LogP contribution is 2.16. The van der Waals surface area contributed by atoms with Crippen molar-refractivity contribution >= 4 is 5.91 Å². The van der Waals surface area contributed by atoms with E-state index in [2.05, 4.69) is 46.7 Å². The number of rotatable bonds is 6. The van der Waals surface area contributed by atoms with Crippen molar-refractivity contribution in [2.24, 2.45) is 5.92 Å². The summed E-state index contributed by atoms with van der Waals surface area (Å²) < 4.78 is 0. The summed E-state index contributed by atoms with van der Waals surface area (Å²) in [6.45, 7) is 8.01. The molecule has 1 aromatic carbocycles. The van der Waals surface area contributed by atoms with Crippen LogP contribution in [0.3, 0.4) is 0 Å². The van der Waals surface area contributed by atoms with E-state index >= 15 is 0 Å². The van der Waals surface area contributed by atoms with Crippen molar-refractivity contribution in [1.82, 2.24) is 15.5 Å². The predicted molar refractivity (Wildman–Crippen MR) is 90.7 cm³/mol. The molecule has 1 atom stereocenters. The Hall–Kier alpha value is -1.39. The van der Waals surface area contributed by atoms with Crippen LogP contribution in [0.1, 0.15) is 30.9 Å². The number of carbonyl (C=O) groups is 1. The zero-order valence-corrected chi connectivity index (χ0v) is 14.1. The fourth-order valence-electron chi connectivity index (χ4n) is 3.01. The molecule has 0 saturated carbocycles. The second-order valence-corrected chi connectivity index (χ2v) is 6.44. The van der Waals surface area contributed by atoms with Crippen LogP contribution in [0.25, 0.3) is 0 Å². The summed E-state index contributed by atoms with van der Waals surface area (Å²) in [4.78, 5) is 14.5. The van der Waals surface area contributed by atoms with Gasteiger partial charge in [0.25, 0.3) is 0 Å². The number of carbonyl (C=O) groups excluding carboxylic acids is 1. The Morgan fingerprint density at radius 2 is 2.00 bits per heavy atom. The van der Waals surface area contributed by atoms with Crippen LogP contribution < -0.4 is 10.6 Å². The molecular weight excluding hydrogens is 274 g/mol. The zero-order chi connectivity index (χ0) is 15.9. The van der Waals surface area contributed by atoms with Gasteiger partial charge in [0.2, 0.25) is 5.91 Å². The van der Waals surface area contributed by atoms with E-state index in [4.69, 9.17) is 0 Å². The summed E-state index contributed by atoms with van der Waals surface area (Å²) >= 11 is 0. The fourth-order valence-corrected chi connectivity index (χ4v) is 3.01. The highest BCUT2D eigenvalue weighted by Gasteiger charge is 2.22. The molecule has 0 bridgehead atoms. The maximum Gasteiger partial charge on any atom is 0.224 e. The highest BCUT2D eigenvalue weighted by molar-refractivity contribution is 5.78. The lowest BCUT2D eigenvalue weighted by molar-refractivity contribution is -0.125. The lowest BCUT2D eigenvalue weighted by atomic mass is 10.0. The Bertz CT molecular complexity index is 481. The molecule has 4 nitrogen and oxygen atoms in total. The fraction of sp³-hybridized carbons (Fsp3) is 0.611. The molecule has 4 heteroatoms. The molecule has 1 fully saturated rings. The van der Waals surface area contributed by atoms with Gasteiger partial charge in [-0.3, -0.25) is 9.69 Å². The van der Waals surface area contributed by atoms with E-state index in [0.717, 1.165) is 39.0 Å². The monoisotopic (exact) mass is 303 g/mol. The van der Waals surface area contributed by atoms with Crippen LogP contribution in [0.5, 0.6) is 0 Å². The van der Waals surface area contributed by atoms with E-state index in [1.54, 1.807) is 0 Å². The van der Waals surface area contributed by atoms with E-state index < -0.39 is 0 Å². The summed E-state index contributed by atoms with van der Waals surface area (Å²) in [5.74, 6) is 0.210. The van der Waals surface area contributed by atoms with Crippen LogP contribution in [0.15, 0.2) is 24.3 Å². The first-order valence-electron chi connectivity index (χ1n) is 8.32. The van der Waals surface area contributed by atoms with Gasteiger partial charge in [0.05, 0.1) is 0 Å². The Morgan fingerprint density at radius 3 is 2.64 bits per heavy atom. The van der Waals surface area contributed by atoms with Gasteiger partial charge in [-0.1, -0.05) is 31.2 Å². The summed E-state index contributed by atoms with van der Waals surface area (Å²) in [6, 6.07) is 8.92. The predicted octanol–water partition coefficient (Wildman–Crippen LogP) is 1.93. The third-order valence-corrected chi connectivity index (χ3v) is 4.55. The first-order valence-corrected chi connectivity index (χ1v) is 8.32. The number of aryl methyl sites for hydroxylation is 1. The summed E-state index contributed by atoms with van der Waals surface area (Å²) in [5, 5.41) is 6.25. The standard InChI is InChI=1S/C18H29N3O/c1-14-6-4-5-7-16(14)13-21-10-8-17(9-11-21)20-18(22)15(2)12-19-3/h4-7,15,17,19H,8-13H2,1-3H3,(H,20,22). The molecular formula is C18H29N3O. The quantitative estimate of drug-likeness (QED) is 0.844. The molecule has 22 heavy (non-hydrogen) atoms. The number of piperidine rings is 1. The van der Waals surface area contributed by atoms with Crippen LogP contribution in [0, 0.1) is 12.8 Å². The van der Waals surface area contributed by atoms with Crippen molar-refractivity contribution in [2.45, 2.75) is 39.3 Å². The minimum Gasteiger partial charge on any atom is -0.353 e. The van der Waals surface area contributed by atoms with Crippen LogP contribution in [-0.4, -0.2) is 43.5 Å². The topological polar surface area (TPSA) is 44.4 Å². The molecule has 1 aliphatic heterocycles. The number of nitrogens with one attached hydrogen (secondary N) is 2. The second kappa shape index (κ2) is 8.30. The van der Waals surface area contributed by atoms with E-state index in [-0.39, 0.29) is 11.8 Å². The maximum atomic E-state index is 12.1. The normalized spacial score (nSPS) is 18.1. The molecule has 1 aromatic rings. The van der Waals surface area contributed by atoms with Gasteiger partial charge in [0, 0.05) is 38.1 Å². The number of likely N-dealkylation sites (tertiary alicyclic amines) is 1. The number of amides is 1. The molecule has 0 radical (unpaired) electrons. The van der Waals surface area contributed by atoms with Gasteiger partial charge in [0.1, 0.15) is 0 Å². The Labute approximate surface area is 134 Å². The SMILES string of the molecule is CNCC(C)C(=O)NC1CCN(Cc2ccccc2C)CC1. The summed E-state index contributed by atoms with van der Waals surface area (Å²) in [6.07, 6.45) is 2.09. The van der Waals surface area contributed by atoms with Gasteiger partial charge in [-0.2, -0.15) is 0 Å². The van der Waals surface area contributed by atoms with Gasteiger partial charge >= 0.3 is 0 Å². The molecule has 1 aliphatic rings. The van der Waals surface area contributed by atoms with Crippen LogP contribution in [0.2, 0.25) is 0 Å². The lowest BCUT2D eigenvalue weighted by Crippen LogP contribution is -2.46. The molecule has 0 aliphatic carbocycles. The number of nitrogens with zero attached hydrogens (tertiary/aromatic N) is 1. The molecule has 2 N–H and O–H groups in total. The smallest absolute Gasteiger partial charge is 0.224 e. The van der Waals surface area contributed by atoms with Crippen molar-refractivity contribution < 1.29 is 4.79 Å². The minimum absolute atomic E-state index is 0.0370. The van der Waals surface area contributed by atoms with E-state index in [9.17, 15) is 4.79 Å². The van der Waals surface area contributed by atoms with E-state index in [1.807, 2.05) is 14.0 Å². The van der Waals surface area contributed by atoms with Crippen molar-refractivity contribution in [1.29, 1.82) is 0 Å². The van der Waals surface area contributed by atoms with Crippen molar-refractivity contribution in [3.63, 3.8) is 0 Å². The average Bonchev–Trinajstić information content (AvgIpc) is 2.51. The van der Waals surface area contributed by atoms with Crippen molar-refractivity contribution in [2.75, 3.05) is 26.7 Å². The first-order chi connectivity index (χ1) is 10.6. The van der Waals surface area contributed by atoms with Crippen molar-refractivity contribution in [3.8, 4) is 0 Å². The largest absolute Gasteiger partial charge is 0.353 e. The second-order valence-electron chi connectivity index (χ2n) is 6.44. The molecule has 1 unspecified atom stereocenters. The van der Waals surface area contributed by atoms with Crippen LogP contribution in [-0.2, 0) is 11.3 Å². The molecule has 0 aromatic heterocycles. The van der Waals surface area contributed by atoms with Crippen LogP contribution >= 0.6 is 0 Å². The first kappa shape index (κ1) is 17.0. The number of hydrogen-bond acceptors (Lipinski definition) is 3. The van der Waals surface area contributed by atoms with Gasteiger partial charge in [-0.15, -0.1) is 0 Å². The molecule has 1 amide bonds. The van der Waals surface area contributed by atoms with Crippen LogP contribution in [0.4, 0.5) is 0 Å². The third-order valence-electron chi connectivity index (χ3n) is 4.55. The van der Waals surface area contributed by atoms with Gasteiger partial charge in [-0.25, -0.2) is 0 Å². The summed E-state index contributed by atoms with van der Waals surface area (Å²) in [5.41, 5.74) is 2.77. The number of benzene rings is 1. The molecule has 0 spiro atoms. The third kappa shape index (κ3) is 4.82. The number of hydrogen-bond donors (Lipinski definition) is 2. The molecule has 2 rings (SSSR count). The summed E-state index contributed by atoms with van der Waals surface area (Å²) in [7, 11) is 1.88. The zero-order valence-electron chi connectivity index (χ0n) is 14.1. The highest BCUT2D eigenvalue weighted by atomic mass is 16.1. The lowest BCUT2D eigenvalue weighted by Gasteiger charge is -2.33. The Balaban J connectivity index is 1.76. The van der Waals surface area contributed by atoms with Crippen molar-refractivity contribution in [3.05, 3.63) is 35.4 Å². The molecule has 122 valence electrons. The van der Waals surface area contributed by atoms with E-state index in [1.165, 1.54) is 11.1 Å². The average molecular weight is 303 g/mol. The van der Waals surface area contributed by atoms with Gasteiger partial charge in [-0.05, 0) is 37.9 Å². The molecule has 1 heterocycles. The van der Waals surface area contributed by atoms with Gasteiger partial charge in [0.15, 0.2) is 0 Å². The Morgan fingerprint density at radius 1 is 1.32 bits per heavy atom. The van der Waals surface area contributed by atoms with Gasteiger partial charge < -0.3 is 10.6 Å². The molecule has 1 saturated heterocycles. The van der Waals surface area contributed by atoms with E-state index in [0.29, 0.717) is 6.04 Å². The maximum absolute atomic E-state index is 12.1. The minimum atomic E-state index is 0.0370.